The summed E-state index contributed by atoms with van der Waals surface area (Å²) in [6.07, 6.45) is 4.15. The molecule has 0 bridgehead atoms. The quantitative estimate of drug-likeness (QED) is 0.425. The zero-order chi connectivity index (χ0) is 5.98. The second-order valence-corrected chi connectivity index (χ2v) is 2.98. The molecule has 1 aliphatic carbocycles. The molecule has 0 heterocycles. The zero-order valence-electron chi connectivity index (χ0n) is 5.22. The first-order valence-electron chi connectivity index (χ1n) is 3.20. The van der Waals surface area contributed by atoms with Crippen molar-refractivity contribution in [1.29, 1.82) is 0 Å². The molecule has 1 atom stereocenters. The summed E-state index contributed by atoms with van der Waals surface area (Å²) in [6, 6.07) is 0. The van der Waals surface area contributed by atoms with Crippen LogP contribution < -0.4 is 5.32 Å². The van der Waals surface area contributed by atoms with E-state index in [1.165, 1.54) is 19.3 Å². The minimum Gasteiger partial charge on any atom is -0.308 e. The molecule has 48 valence electrons. The summed E-state index contributed by atoms with van der Waals surface area (Å²) in [7, 11) is 1.97. The van der Waals surface area contributed by atoms with Crippen LogP contribution in [-0.4, -0.2) is 12.4 Å². The molecule has 1 rings (SSSR count). The molecular weight excluding hydrogens is 118 g/mol. The van der Waals surface area contributed by atoms with Gasteiger partial charge in [0.25, 0.3) is 0 Å². The summed E-state index contributed by atoms with van der Waals surface area (Å²) in [4.78, 5) is 0. The lowest BCUT2D eigenvalue weighted by molar-refractivity contribution is 0.291. The molecule has 8 heavy (non-hydrogen) atoms. The highest BCUT2D eigenvalue weighted by Crippen LogP contribution is 2.30. The van der Waals surface area contributed by atoms with Crippen molar-refractivity contribution >= 4 is 12.6 Å². The van der Waals surface area contributed by atoms with Crippen molar-refractivity contribution in [3.63, 3.8) is 0 Å². The van der Waals surface area contributed by atoms with Crippen molar-refractivity contribution in [1.82, 2.24) is 5.32 Å². The van der Waals surface area contributed by atoms with Crippen LogP contribution in [0, 0.1) is 5.92 Å². The number of thiol groups is 1. The molecule has 1 N–H and O–H groups in total. The molecule has 0 spiro atoms. The van der Waals surface area contributed by atoms with Crippen molar-refractivity contribution in [2.75, 3.05) is 7.05 Å². The van der Waals surface area contributed by atoms with Gasteiger partial charge >= 0.3 is 0 Å². The van der Waals surface area contributed by atoms with E-state index >= 15 is 0 Å². The Bertz CT molecular complexity index is 68.2. The van der Waals surface area contributed by atoms with Crippen LogP contribution in [0.25, 0.3) is 0 Å². The first kappa shape index (κ1) is 6.43. The van der Waals surface area contributed by atoms with Crippen LogP contribution in [0.15, 0.2) is 0 Å². The Balaban J connectivity index is 2.13. The average Bonchev–Trinajstić information content (AvgIpc) is 1.62. The Morgan fingerprint density at radius 2 is 2.25 bits per heavy atom. The van der Waals surface area contributed by atoms with E-state index < -0.39 is 0 Å². The zero-order valence-corrected chi connectivity index (χ0v) is 6.12. The number of nitrogens with one attached hydrogen (secondary N) is 1. The molecular formula is C6H13NS. The Morgan fingerprint density at radius 1 is 1.62 bits per heavy atom. The van der Waals surface area contributed by atoms with Crippen LogP contribution in [0.2, 0.25) is 0 Å². The largest absolute Gasteiger partial charge is 0.308 e. The van der Waals surface area contributed by atoms with Crippen molar-refractivity contribution in [2.45, 2.75) is 24.6 Å². The lowest BCUT2D eigenvalue weighted by Crippen LogP contribution is -2.32. The normalized spacial score (nSPS) is 24.8. The van der Waals surface area contributed by atoms with Gasteiger partial charge in [-0.25, -0.2) is 0 Å². The van der Waals surface area contributed by atoms with E-state index in [1.807, 2.05) is 7.05 Å². The van der Waals surface area contributed by atoms with Gasteiger partial charge in [-0.1, -0.05) is 6.42 Å². The predicted molar refractivity (Wildman–Crippen MR) is 39.2 cm³/mol. The van der Waals surface area contributed by atoms with Gasteiger partial charge in [0, 0.05) is 0 Å². The Kier molecular flexibility index (Phi) is 2.20. The number of hydrogen-bond donors (Lipinski definition) is 2. The van der Waals surface area contributed by atoms with Gasteiger partial charge in [0.2, 0.25) is 0 Å². The highest BCUT2D eigenvalue weighted by atomic mass is 32.1. The molecule has 0 saturated heterocycles. The van der Waals surface area contributed by atoms with E-state index in [0.717, 1.165) is 5.92 Å². The smallest absolute Gasteiger partial charge is 0.0528 e. The van der Waals surface area contributed by atoms with Gasteiger partial charge in [0.15, 0.2) is 0 Å². The van der Waals surface area contributed by atoms with Crippen molar-refractivity contribution in [3.8, 4) is 0 Å². The molecule has 0 radical (unpaired) electrons. The third-order valence-corrected chi connectivity index (χ3v) is 2.57. The van der Waals surface area contributed by atoms with Crippen molar-refractivity contribution in [3.05, 3.63) is 0 Å². The fourth-order valence-electron chi connectivity index (χ4n) is 0.991. The average molecular weight is 131 g/mol. The van der Waals surface area contributed by atoms with Crippen LogP contribution >= 0.6 is 12.6 Å². The lowest BCUT2D eigenvalue weighted by Gasteiger charge is -2.30. The summed E-state index contributed by atoms with van der Waals surface area (Å²) in [5.41, 5.74) is 0. The monoisotopic (exact) mass is 131 g/mol. The number of rotatable bonds is 2. The fraction of sp³-hybridized carbons (Fsp3) is 1.00. The van der Waals surface area contributed by atoms with E-state index in [4.69, 9.17) is 0 Å². The van der Waals surface area contributed by atoms with Gasteiger partial charge in [-0.2, -0.15) is 12.6 Å². The minimum atomic E-state index is 0.448. The number of hydrogen-bond acceptors (Lipinski definition) is 2. The van der Waals surface area contributed by atoms with Crippen LogP contribution in [0.5, 0.6) is 0 Å². The molecule has 0 aliphatic heterocycles. The first-order chi connectivity index (χ1) is 3.84. The molecule has 0 amide bonds. The summed E-state index contributed by atoms with van der Waals surface area (Å²) < 4.78 is 0. The first-order valence-corrected chi connectivity index (χ1v) is 3.71. The maximum atomic E-state index is 4.35. The Hall–Kier alpha value is 0.310. The van der Waals surface area contributed by atoms with E-state index in [1.54, 1.807) is 0 Å². The van der Waals surface area contributed by atoms with Gasteiger partial charge in [-0.05, 0) is 25.8 Å². The van der Waals surface area contributed by atoms with Crippen LogP contribution in [0.4, 0.5) is 0 Å². The highest BCUT2D eigenvalue weighted by Gasteiger charge is 2.22. The molecule has 0 aromatic carbocycles. The van der Waals surface area contributed by atoms with Gasteiger partial charge in [-0.15, -0.1) is 0 Å². The summed E-state index contributed by atoms with van der Waals surface area (Å²) in [5.74, 6) is 0.850. The van der Waals surface area contributed by atoms with Crippen molar-refractivity contribution in [2.24, 2.45) is 5.92 Å². The highest BCUT2D eigenvalue weighted by molar-refractivity contribution is 7.80. The van der Waals surface area contributed by atoms with E-state index in [9.17, 15) is 0 Å². The lowest BCUT2D eigenvalue weighted by atomic mass is 9.85. The Morgan fingerprint density at radius 3 is 2.38 bits per heavy atom. The Labute approximate surface area is 56.3 Å². The predicted octanol–water partition coefficient (Wildman–Crippen LogP) is 1.26. The minimum absolute atomic E-state index is 0.448. The third kappa shape index (κ3) is 1.17. The molecule has 0 aromatic heterocycles. The second kappa shape index (κ2) is 2.74. The van der Waals surface area contributed by atoms with E-state index in [0.29, 0.717) is 5.37 Å². The standard InChI is InChI=1S/C6H13NS/c1-7-6(8)5-3-2-4-5/h5-8H,2-4H2,1H3. The third-order valence-electron chi connectivity index (χ3n) is 1.89. The van der Waals surface area contributed by atoms with Crippen LogP contribution in [0.3, 0.4) is 0 Å². The SMILES string of the molecule is CNC(S)C1CCC1. The molecule has 1 aliphatic rings. The van der Waals surface area contributed by atoms with Crippen LogP contribution in [-0.2, 0) is 0 Å². The van der Waals surface area contributed by atoms with Gasteiger partial charge in [-0.3, -0.25) is 0 Å². The molecule has 2 heteroatoms. The van der Waals surface area contributed by atoms with Gasteiger partial charge in [0.05, 0.1) is 5.37 Å². The molecule has 1 saturated carbocycles. The second-order valence-electron chi connectivity index (χ2n) is 2.42. The summed E-state index contributed by atoms with van der Waals surface area (Å²) >= 11 is 4.35. The summed E-state index contributed by atoms with van der Waals surface area (Å²) in [6.45, 7) is 0. The topological polar surface area (TPSA) is 12.0 Å². The van der Waals surface area contributed by atoms with E-state index in [2.05, 4.69) is 17.9 Å². The van der Waals surface area contributed by atoms with Gasteiger partial charge in [0.1, 0.15) is 0 Å². The molecule has 1 fully saturated rings. The van der Waals surface area contributed by atoms with Crippen LogP contribution in [0.1, 0.15) is 19.3 Å². The van der Waals surface area contributed by atoms with Crippen molar-refractivity contribution < 1.29 is 0 Å². The maximum Gasteiger partial charge on any atom is 0.0528 e. The molecule has 1 nitrogen and oxygen atoms in total. The fourth-order valence-corrected chi connectivity index (χ4v) is 1.29. The molecule has 1 unspecified atom stereocenters. The maximum absolute atomic E-state index is 4.35. The molecule has 0 aromatic rings. The summed E-state index contributed by atoms with van der Waals surface area (Å²) in [5, 5.41) is 3.58. The van der Waals surface area contributed by atoms with E-state index in [-0.39, 0.29) is 0 Å². The van der Waals surface area contributed by atoms with Gasteiger partial charge < -0.3 is 5.32 Å².